The van der Waals surface area contributed by atoms with Crippen LogP contribution in [0.15, 0.2) is 18.3 Å². The van der Waals surface area contributed by atoms with Gasteiger partial charge in [0.25, 0.3) is 0 Å². The number of aromatic carboxylic acids is 1. The summed E-state index contributed by atoms with van der Waals surface area (Å²) in [5.41, 5.74) is 0.637. The van der Waals surface area contributed by atoms with Crippen LogP contribution >= 0.6 is 11.8 Å². The Labute approximate surface area is 104 Å². The number of carboxylic acid groups (broad SMARTS) is 1. The average Bonchev–Trinajstić information content (AvgIpc) is 2.23. The molecule has 0 radical (unpaired) electrons. The monoisotopic (exact) mass is 275 g/mol. The van der Waals surface area contributed by atoms with Gasteiger partial charge in [0.15, 0.2) is 5.69 Å². The van der Waals surface area contributed by atoms with Gasteiger partial charge in [-0.2, -0.15) is 11.8 Å². The molecule has 0 aliphatic rings. The van der Waals surface area contributed by atoms with Gasteiger partial charge in [0, 0.05) is 24.0 Å². The number of carboxylic acids is 1. The minimum absolute atomic E-state index is 0.0272. The lowest BCUT2D eigenvalue weighted by Crippen LogP contribution is -2.07. The Balaban J connectivity index is 2.55. The molecule has 17 heavy (non-hydrogen) atoms. The second-order valence-corrected chi connectivity index (χ2v) is 6.86. The van der Waals surface area contributed by atoms with Crippen LogP contribution in [-0.4, -0.2) is 42.2 Å². The first-order valence-electron chi connectivity index (χ1n) is 4.83. The fourth-order valence-electron chi connectivity index (χ4n) is 1.14. The van der Waals surface area contributed by atoms with E-state index >= 15 is 0 Å². The number of rotatable bonds is 6. The van der Waals surface area contributed by atoms with Gasteiger partial charge in [-0.15, -0.1) is 0 Å². The molecule has 1 heterocycles. The number of aromatic nitrogens is 1. The van der Waals surface area contributed by atoms with Crippen molar-refractivity contribution in [3.63, 3.8) is 0 Å². The van der Waals surface area contributed by atoms with Crippen LogP contribution in [0.5, 0.6) is 0 Å². The van der Waals surface area contributed by atoms with Crippen LogP contribution in [0.1, 0.15) is 16.1 Å². The van der Waals surface area contributed by atoms with Crippen molar-refractivity contribution in [2.75, 3.05) is 17.8 Å². The summed E-state index contributed by atoms with van der Waals surface area (Å²) < 4.78 is 21.8. The first-order valence-corrected chi connectivity index (χ1v) is 8.04. The molecule has 1 aromatic rings. The van der Waals surface area contributed by atoms with Gasteiger partial charge in [-0.1, -0.05) is 6.07 Å². The van der Waals surface area contributed by atoms with Crippen LogP contribution in [0.2, 0.25) is 0 Å². The van der Waals surface area contributed by atoms with Crippen LogP contribution < -0.4 is 0 Å². The minimum atomic E-state index is -2.96. The first kappa shape index (κ1) is 14.0. The smallest absolute Gasteiger partial charge is 0.354 e. The number of pyridine rings is 1. The second kappa shape index (κ2) is 6.02. The van der Waals surface area contributed by atoms with Crippen molar-refractivity contribution >= 4 is 27.6 Å². The Morgan fingerprint density at radius 3 is 2.82 bits per heavy atom. The lowest BCUT2D eigenvalue weighted by molar-refractivity contribution is 0.0689. The highest BCUT2D eigenvalue weighted by Gasteiger charge is 2.11. The number of hydrogen-bond acceptors (Lipinski definition) is 5. The maximum Gasteiger partial charge on any atom is 0.354 e. The van der Waals surface area contributed by atoms with Crippen molar-refractivity contribution in [2.24, 2.45) is 0 Å². The molecule has 7 heteroatoms. The molecule has 0 fully saturated rings. The Bertz CT molecular complexity index is 499. The Hall–Kier alpha value is -1.08. The molecular formula is C10H13NO4S2. The molecule has 0 unspecified atom stereocenters. The second-order valence-electron chi connectivity index (χ2n) is 3.50. The van der Waals surface area contributed by atoms with Crippen LogP contribution in [-0.2, 0) is 15.6 Å². The van der Waals surface area contributed by atoms with Gasteiger partial charge in [-0.05, 0) is 11.6 Å². The fourth-order valence-corrected chi connectivity index (χ4v) is 3.42. The van der Waals surface area contributed by atoms with Crippen LogP contribution in [0.25, 0.3) is 0 Å². The van der Waals surface area contributed by atoms with Crippen LogP contribution in [0.4, 0.5) is 0 Å². The maximum absolute atomic E-state index is 10.9. The number of carbonyl (C=O) groups is 1. The molecule has 0 aliphatic heterocycles. The van der Waals surface area contributed by atoms with Crippen molar-refractivity contribution in [3.05, 3.63) is 29.6 Å². The zero-order valence-electron chi connectivity index (χ0n) is 9.29. The van der Waals surface area contributed by atoms with Gasteiger partial charge in [0.05, 0.1) is 5.75 Å². The van der Waals surface area contributed by atoms with Crippen LogP contribution in [0, 0.1) is 0 Å². The topological polar surface area (TPSA) is 84.3 Å². The van der Waals surface area contributed by atoms with Gasteiger partial charge in [0.2, 0.25) is 0 Å². The van der Waals surface area contributed by atoms with Gasteiger partial charge in [-0.3, -0.25) is 0 Å². The summed E-state index contributed by atoms with van der Waals surface area (Å²) in [7, 11) is -2.96. The third-order valence-electron chi connectivity index (χ3n) is 1.95. The highest BCUT2D eigenvalue weighted by molar-refractivity contribution is 7.99. The maximum atomic E-state index is 10.9. The molecule has 0 aromatic carbocycles. The summed E-state index contributed by atoms with van der Waals surface area (Å²) in [6.45, 7) is 0. The summed E-state index contributed by atoms with van der Waals surface area (Å²) >= 11 is 1.38. The zero-order chi connectivity index (χ0) is 12.9. The fraction of sp³-hybridized carbons (Fsp3) is 0.400. The van der Waals surface area contributed by atoms with Crippen molar-refractivity contribution in [2.45, 2.75) is 5.75 Å². The normalized spacial score (nSPS) is 11.4. The Morgan fingerprint density at radius 1 is 1.53 bits per heavy atom. The average molecular weight is 275 g/mol. The number of hydrogen-bond donors (Lipinski definition) is 1. The van der Waals surface area contributed by atoms with Gasteiger partial charge in [0.1, 0.15) is 9.84 Å². The minimum Gasteiger partial charge on any atom is -0.477 e. The number of sulfone groups is 1. The van der Waals surface area contributed by atoms with Gasteiger partial charge < -0.3 is 5.11 Å². The lowest BCUT2D eigenvalue weighted by atomic mass is 10.2. The molecule has 0 saturated heterocycles. The van der Waals surface area contributed by atoms with E-state index in [0.717, 1.165) is 0 Å². The molecule has 0 spiro atoms. The first-order chi connectivity index (χ1) is 7.90. The summed E-state index contributed by atoms with van der Waals surface area (Å²) in [5.74, 6) is -0.0673. The highest BCUT2D eigenvalue weighted by atomic mass is 32.2. The van der Waals surface area contributed by atoms with E-state index in [1.54, 1.807) is 12.1 Å². The van der Waals surface area contributed by atoms with E-state index < -0.39 is 15.8 Å². The summed E-state index contributed by atoms with van der Waals surface area (Å²) in [6.07, 6.45) is 2.61. The van der Waals surface area contributed by atoms with E-state index in [9.17, 15) is 13.2 Å². The van der Waals surface area contributed by atoms with E-state index in [2.05, 4.69) is 4.98 Å². The number of thioether (sulfide) groups is 1. The molecule has 1 aromatic heterocycles. The predicted molar refractivity (Wildman–Crippen MR) is 67.1 cm³/mol. The third kappa shape index (κ3) is 5.18. The lowest BCUT2D eigenvalue weighted by Gasteiger charge is -2.04. The third-order valence-corrected chi connectivity index (χ3v) is 4.16. The van der Waals surface area contributed by atoms with Crippen molar-refractivity contribution in [1.29, 1.82) is 0 Å². The molecular weight excluding hydrogens is 262 g/mol. The van der Waals surface area contributed by atoms with Gasteiger partial charge >= 0.3 is 5.97 Å². The van der Waals surface area contributed by atoms with Gasteiger partial charge in [-0.25, -0.2) is 18.2 Å². The SMILES string of the molecule is CS(=O)(=O)CCSCc1cccnc1C(=O)O. The summed E-state index contributed by atoms with van der Waals surface area (Å²) in [5, 5.41) is 8.88. The largest absolute Gasteiger partial charge is 0.477 e. The highest BCUT2D eigenvalue weighted by Crippen LogP contribution is 2.15. The molecule has 0 atom stereocenters. The summed E-state index contributed by atoms with van der Waals surface area (Å²) in [4.78, 5) is 14.6. The molecule has 1 N–H and O–H groups in total. The van der Waals surface area contributed by atoms with Crippen molar-refractivity contribution in [1.82, 2.24) is 4.98 Å². The standard InChI is InChI=1S/C10H13NO4S2/c1-17(14,15)6-5-16-7-8-3-2-4-11-9(8)10(12)13/h2-4H,5-7H2,1H3,(H,12,13). The Kier molecular flexibility index (Phi) is 4.95. The predicted octanol–water partition coefficient (Wildman–Crippen LogP) is 1.06. The molecule has 94 valence electrons. The van der Waals surface area contributed by atoms with Crippen molar-refractivity contribution in [3.8, 4) is 0 Å². The Morgan fingerprint density at radius 2 is 2.24 bits per heavy atom. The quantitative estimate of drug-likeness (QED) is 0.781. The summed E-state index contributed by atoms with van der Waals surface area (Å²) in [6, 6.07) is 3.35. The van der Waals surface area contributed by atoms with E-state index in [-0.39, 0.29) is 11.4 Å². The van der Waals surface area contributed by atoms with E-state index in [1.165, 1.54) is 24.2 Å². The van der Waals surface area contributed by atoms with Crippen LogP contribution in [0.3, 0.4) is 0 Å². The van der Waals surface area contributed by atoms with E-state index in [0.29, 0.717) is 17.1 Å². The molecule has 5 nitrogen and oxygen atoms in total. The molecule has 1 rings (SSSR count). The number of nitrogens with zero attached hydrogens (tertiary/aromatic N) is 1. The zero-order valence-corrected chi connectivity index (χ0v) is 10.9. The van der Waals surface area contributed by atoms with Crippen molar-refractivity contribution < 1.29 is 18.3 Å². The van der Waals surface area contributed by atoms with E-state index in [4.69, 9.17) is 5.11 Å². The molecule has 0 amide bonds. The molecule has 0 saturated carbocycles. The molecule has 0 aliphatic carbocycles. The van der Waals surface area contributed by atoms with E-state index in [1.807, 2.05) is 0 Å². The molecule has 0 bridgehead atoms.